The Balaban J connectivity index is 2.88. The number of carbonyl (C=O) groups is 2. The summed E-state index contributed by atoms with van der Waals surface area (Å²) in [4.78, 5) is 26.9. The van der Waals surface area contributed by atoms with Crippen molar-refractivity contribution in [1.29, 1.82) is 0 Å². The van der Waals surface area contributed by atoms with E-state index >= 15 is 0 Å². The van der Waals surface area contributed by atoms with Crippen LogP contribution in [0, 0.1) is 0 Å². The molecule has 0 saturated carbocycles. The van der Waals surface area contributed by atoms with Crippen molar-refractivity contribution < 1.29 is 14.3 Å². The Hall–Kier alpha value is -1.95. The summed E-state index contributed by atoms with van der Waals surface area (Å²) in [5.74, 6) is 4.80. The molecule has 17 heavy (non-hydrogen) atoms. The highest BCUT2D eigenvalue weighted by molar-refractivity contribution is 6.02. The van der Waals surface area contributed by atoms with E-state index in [4.69, 9.17) is 10.6 Å². The van der Waals surface area contributed by atoms with Crippen LogP contribution in [0.2, 0.25) is 0 Å². The number of hydrogen-bond acceptors (Lipinski definition) is 5. The van der Waals surface area contributed by atoms with Crippen LogP contribution in [0.1, 0.15) is 30.8 Å². The van der Waals surface area contributed by atoms with Crippen LogP contribution >= 0.6 is 0 Å². The van der Waals surface area contributed by atoms with Crippen molar-refractivity contribution in [2.24, 2.45) is 5.84 Å². The molecule has 0 spiro atoms. The maximum atomic E-state index is 11.8. The second-order valence-corrected chi connectivity index (χ2v) is 3.23. The van der Waals surface area contributed by atoms with E-state index in [1.54, 1.807) is 13.0 Å². The van der Waals surface area contributed by atoms with E-state index in [1.165, 1.54) is 12.3 Å². The summed E-state index contributed by atoms with van der Waals surface area (Å²) in [7, 11) is 0. The number of aromatic nitrogens is 1. The molecular weight excluding hydrogens is 222 g/mol. The summed E-state index contributed by atoms with van der Waals surface area (Å²) in [6, 6.07) is 3.08. The topological polar surface area (TPSA) is 85.5 Å². The number of carbonyl (C=O) groups excluding carboxylic acids is 2. The lowest BCUT2D eigenvalue weighted by atomic mass is 10.3. The Bertz CT molecular complexity index is 420. The Morgan fingerprint density at radius 2 is 2.18 bits per heavy atom. The standard InChI is InChI=1S/C11H15N3O3/c1-3-10(15)14(12)11(16)9-7-8(17-4-2)5-6-13-9/h5-7H,3-4,12H2,1-2H3. The molecule has 1 rings (SSSR count). The average Bonchev–Trinajstić information content (AvgIpc) is 2.36. The minimum absolute atomic E-state index is 0.0836. The third kappa shape index (κ3) is 3.25. The molecule has 0 atom stereocenters. The molecule has 0 unspecified atom stereocenters. The van der Waals surface area contributed by atoms with Gasteiger partial charge in [0.2, 0.25) is 5.91 Å². The fourth-order valence-electron chi connectivity index (χ4n) is 1.19. The molecule has 0 fully saturated rings. The van der Waals surface area contributed by atoms with Crippen molar-refractivity contribution in [3.8, 4) is 5.75 Å². The molecule has 0 radical (unpaired) electrons. The molecule has 0 aliphatic carbocycles. The predicted molar refractivity (Wildman–Crippen MR) is 61.1 cm³/mol. The number of hydrogen-bond donors (Lipinski definition) is 1. The Labute approximate surface area is 99.3 Å². The summed E-state index contributed by atoms with van der Waals surface area (Å²) < 4.78 is 5.23. The van der Waals surface area contributed by atoms with Gasteiger partial charge in [-0.15, -0.1) is 0 Å². The van der Waals surface area contributed by atoms with Gasteiger partial charge >= 0.3 is 0 Å². The molecule has 6 nitrogen and oxygen atoms in total. The zero-order chi connectivity index (χ0) is 12.8. The van der Waals surface area contributed by atoms with Gasteiger partial charge in [0.15, 0.2) is 0 Å². The summed E-state index contributed by atoms with van der Waals surface area (Å²) in [5.41, 5.74) is 0.0836. The summed E-state index contributed by atoms with van der Waals surface area (Å²) in [5, 5.41) is 0.568. The lowest BCUT2D eigenvalue weighted by Crippen LogP contribution is -2.42. The fraction of sp³-hybridized carbons (Fsp3) is 0.364. The highest BCUT2D eigenvalue weighted by Crippen LogP contribution is 2.12. The third-order valence-electron chi connectivity index (χ3n) is 2.05. The minimum atomic E-state index is -0.640. The zero-order valence-electron chi connectivity index (χ0n) is 9.84. The molecule has 1 aromatic heterocycles. The van der Waals surface area contributed by atoms with E-state index in [-0.39, 0.29) is 12.1 Å². The van der Waals surface area contributed by atoms with E-state index in [0.717, 1.165) is 0 Å². The second kappa shape index (κ2) is 5.95. The van der Waals surface area contributed by atoms with Gasteiger partial charge in [0.25, 0.3) is 5.91 Å². The van der Waals surface area contributed by atoms with Crippen LogP contribution < -0.4 is 10.6 Å². The van der Waals surface area contributed by atoms with Crippen molar-refractivity contribution in [3.63, 3.8) is 0 Å². The van der Waals surface area contributed by atoms with Crippen molar-refractivity contribution in [3.05, 3.63) is 24.0 Å². The number of nitrogens with two attached hydrogens (primary N) is 1. The van der Waals surface area contributed by atoms with Crippen LogP contribution in [0.4, 0.5) is 0 Å². The van der Waals surface area contributed by atoms with E-state index in [0.29, 0.717) is 17.4 Å². The monoisotopic (exact) mass is 237 g/mol. The molecule has 2 N–H and O–H groups in total. The van der Waals surface area contributed by atoms with Crippen LogP contribution in [0.5, 0.6) is 5.75 Å². The maximum Gasteiger partial charge on any atom is 0.293 e. The fourth-order valence-corrected chi connectivity index (χ4v) is 1.19. The van der Waals surface area contributed by atoms with Crippen molar-refractivity contribution in [2.75, 3.05) is 6.61 Å². The van der Waals surface area contributed by atoms with Gasteiger partial charge in [0.1, 0.15) is 11.4 Å². The van der Waals surface area contributed by atoms with Crippen LogP contribution in [0.25, 0.3) is 0 Å². The summed E-state index contributed by atoms with van der Waals surface area (Å²) in [6.07, 6.45) is 1.59. The van der Waals surface area contributed by atoms with E-state index in [2.05, 4.69) is 4.98 Å². The Morgan fingerprint density at radius 3 is 2.76 bits per heavy atom. The quantitative estimate of drug-likeness (QED) is 0.474. The number of amides is 2. The number of nitrogens with zero attached hydrogens (tertiary/aromatic N) is 2. The molecule has 2 amide bonds. The van der Waals surface area contributed by atoms with Gasteiger partial charge in [-0.1, -0.05) is 6.92 Å². The molecule has 92 valence electrons. The van der Waals surface area contributed by atoms with Crippen LogP contribution in [0.15, 0.2) is 18.3 Å². The predicted octanol–water partition coefficient (Wildman–Crippen LogP) is 0.733. The molecule has 0 aliphatic rings. The van der Waals surface area contributed by atoms with E-state index < -0.39 is 11.8 Å². The number of pyridine rings is 1. The molecule has 0 bridgehead atoms. The largest absolute Gasteiger partial charge is 0.494 e. The third-order valence-corrected chi connectivity index (χ3v) is 2.05. The Kier molecular flexibility index (Phi) is 4.59. The van der Waals surface area contributed by atoms with Crippen LogP contribution in [-0.2, 0) is 4.79 Å². The second-order valence-electron chi connectivity index (χ2n) is 3.23. The number of hydrazine groups is 1. The Morgan fingerprint density at radius 1 is 1.47 bits per heavy atom. The molecule has 1 heterocycles. The molecule has 1 aromatic rings. The SMILES string of the molecule is CCOc1ccnc(C(=O)N(N)C(=O)CC)c1. The average molecular weight is 237 g/mol. The van der Waals surface area contributed by atoms with Crippen molar-refractivity contribution >= 4 is 11.8 Å². The smallest absolute Gasteiger partial charge is 0.293 e. The lowest BCUT2D eigenvalue weighted by molar-refractivity contribution is -0.128. The first-order valence-electron chi connectivity index (χ1n) is 5.31. The first-order valence-corrected chi connectivity index (χ1v) is 5.31. The van der Waals surface area contributed by atoms with Gasteiger partial charge in [-0.05, 0) is 13.0 Å². The summed E-state index contributed by atoms with van der Waals surface area (Å²) >= 11 is 0. The van der Waals surface area contributed by atoms with Gasteiger partial charge in [-0.25, -0.2) is 10.9 Å². The van der Waals surface area contributed by atoms with Gasteiger partial charge in [-0.3, -0.25) is 14.6 Å². The zero-order valence-corrected chi connectivity index (χ0v) is 9.84. The number of imide groups is 1. The number of rotatable bonds is 4. The van der Waals surface area contributed by atoms with E-state index in [1.807, 2.05) is 6.92 Å². The summed E-state index contributed by atoms with van der Waals surface area (Å²) in [6.45, 7) is 3.94. The van der Waals surface area contributed by atoms with Gasteiger partial charge in [-0.2, -0.15) is 0 Å². The number of ether oxygens (including phenoxy) is 1. The highest BCUT2D eigenvalue weighted by Gasteiger charge is 2.19. The van der Waals surface area contributed by atoms with Gasteiger partial charge < -0.3 is 4.74 Å². The molecule has 0 aliphatic heterocycles. The normalized spacial score (nSPS) is 9.82. The molecule has 6 heteroatoms. The lowest BCUT2D eigenvalue weighted by Gasteiger charge is -2.13. The highest BCUT2D eigenvalue weighted by atomic mass is 16.5. The van der Waals surface area contributed by atoms with E-state index in [9.17, 15) is 9.59 Å². The minimum Gasteiger partial charge on any atom is -0.494 e. The molecular formula is C11H15N3O3. The maximum absolute atomic E-state index is 11.8. The molecule has 0 aromatic carbocycles. The van der Waals surface area contributed by atoms with Crippen molar-refractivity contribution in [1.82, 2.24) is 9.99 Å². The van der Waals surface area contributed by atoms with Crippen LogP contribution in [0.3, 0.4) is 0 Å². The van der Waals surface area contributed by atoms with Crippen molar-refractivity contribution in [2.45, 2.75) is 20.3 Å². The van der Waals surface area contributed by atoms with Gasteiger partial charge in [0.05, 0.1) is 6.61 Å². The van der Waals surface area contributed by atoms with Crippen LogP contribution in [-0.4, -0.2) is 28.4 Å². The first kappa shape index (κ1) is 13.1. The first-order chi connectivity index (χ1) is 8.10. The van der Waals surface area contributed by atoms with Gasteiger partial charge in [0, 0.05) is 18.7 Å². The molecule has 0 saturated heterocycles.